The lowest BCUT2D eigenvalue weighted by Gasteiger charge is -2.27. The molecule has 0 aromatic heterocycles. The van der Waals surface area contributed by atoms with Crippen LogP contribution in [0.5, 0.6) is 0 Å². The van der Waals surface area contributed by atoms with Gasteiger partial charge in [0.05, 0.1) is 0 Å². The van der Waals surface area contributed by atoms with Crippen LogP contribution in [0.2, 0.25) is 5.02 Å². The molecule has 0 radical (unpaired) electrons. The van der Waals surface area contributed by atoms with E-state index in [1.54, 1.807) is 0 Å². The van der Waals surface area contributed by atoms with Crippen LogP contribution in [0.15, 0.2) is 18.2 Å². The van der Waals surface area contributed by atoms with Crippen molar-refractivity contribution < 1.29 is 0 Å². The van der Waals surface area contributed by atoms with Gasteiger partial charge in [-0.15, -0.1) is 0 Å². The lowest BCUT2D eigenvalue weighted by atomic mass is 9.77. The zero-order valence-corrected chi connectivity index (χ0v) is 9.86. The second-order valence-electron chi connectivity index (χ2n) is 5.30. The van der Waals surface area contributed by atoms with Crippen molar-refractivity contribution in [3.63, 3.8) is 0 Å². The van der Waals surface area contributed by atoms with E-state index in [9.17, 15) is 0 Å². The summed E-state index contributed by atoms with van der Waals surface area (Å²) >= 11 is 5.99. The zero-order chi connectivity index (χ0) is 10.3. The average molecular weight is 209 g/mol. The molecule has 1 aromatic carbocycles. The largest absolute Gasteiger partial charge is 0.0843 e. The fraction of sp³-hybridized carbons (Fsp3) is 0.538. The lowest BCUT2D eigenvalue weighted by Crippen LogP contribution is -2.15. The van der Waals surface area contributed by atoms with Gasteiger partial charge in [0.15, 0.2) is 0 Å². The van der Waals surface area contributed by atoms with Gasteiger partial charge in [0.2, 0.25) is 0 Å². The highest BCUT2D eigenvalue weighted by Gasteiger charge is 2.31. The normalized spacial score (nSPS) is 21.0. The standard InChI is InChI=1S/C13H17Cl/c1-13(2,3)12-7-4-9-8-10(14)5-6-11(9)12/h5-6,8,12H,4,7H2,1-3H3/t12-/m0/s1. The molecule has 1 aliphatic carbocycles. The van der Waals surface area contributed by atoms with E-state index in [4.69, 9.17) is 11.6 Å². The van der Waals surface area contributed by atoms with Crippen LogP contribution in [0.4, 0.5) is 0 Å². The zero-order valence-electron chi connectivity index (χ0n) is 9.10. The van der Waals surface area contributed by atoms with E-state index in [2.05, 4.69) is 32.9 Å². The van der Waals surface area contributed by atoms with Gasteiger partial charge in [-0.2, -0.15) is 0 Å². The van der Waals surface area contributed by atoms with Crippen LogP contribution in [0, 0.1) is 5.41 Å². The highest BCUT2D eigenvalue weighted by atomic mass is 35.5. The van der Waals surface area contributed by atoms with Crippen LogP contribution in [-0.4, -0.2) is 0 Å². The van der Waals surface area contributed by atoms with E-state index < -0.39 is 0 Å². The minimum Gasteiger partial charge on any atom is -0.0843 e. The van der Waals surface area contributed by atoms with E-state index in [0.717, 1.165) is 5.02 Å². The van der Waals surface area contributed by atoms with E-state index in [1.807, 2.05) is 6.07 Å². The molecule has 0 aliphatic heterocycles. The van der Waals surface area contributed by atoms with Gasteiger partial charge in [-0.05, 0) is 47.4 Å². The molecule has 1 heteroatoms. The Kier molecular flexibility index (Phi) is 2.35. The Balaban J connectivity index is 2.41. The van der Waals surface area contributed by atoms with Crippen molar-refractivity contribution in [1.29, 1.82) is 0 Å². The van der Waals surface area contributed by atoms with Gasteiger partial charge in [0.1, 0.15) is 0 Å². The maximum atomic E-state index is 5.99. The lowest BCUT2D eigenvalue weighted by molar-refractivity contribution is 0.319. The van der Waals surface area contributed by atoms with Gasteiger partial charge >= 0.3 is 0 Å². The molecule has 0 nitrogen and oxygen atoms in total. The van der Waals surface area contributed by atoms with Gasteiger partial charge in [0, 0.05) is 5.02 Å². The monoisotopic (exact) mass is 208 g/mol. The molecule has 0 fully saturated rings. The van der Waals surface area contributed by atoms with Crippen molar-refractivity contribution in [2.75, 3.05) is 0 Å². The summed E-state index contributed by atoms with van der Waals surface area (Å²) in [5, 5.41) is 0.873. The molecule has 2 rings (SSSR count). The first-order valence-corrected chi connectivity index (χ1v) is 5.64. The molecule has 1 aliphatic rings. The molecule has 14 heavy (non-hydrogen) atoms. The second kappa shape index (κ2) is 3.27. The van der Waals surface area contributed by atoms with E-state index in [-0.39, 0.29) is 0 Å². The Hall–Kier alpha value is -0.490. The summed E-state index contributed by atoms with van der Waals surface area (Å²) in [5.74, 6) is 0.703. The Morgan fingerprint density at radius 1 is 1.29 bits per heavy atom. The summed E-state index contributed by atoms with van der Waals surface area (Å²) in [7, 11) is 0. The molecule has 1 atom stereocenters. The Morgan fingerprint density at radius 2 is 2.00 bits per heavy atom. The van der Waals surface area contributed by atoms with Crippen LogP contribution >= 0.6 is 11.6 Å². The maximum Gasteiger partial charge on any atom is 0.0408 e. The second-order valence-corrected chi connectivity index (χ2v) is 5.74. The first kappa shape index (κ1) is 10.0. The Bertz CT molecular complexity index is 347. The van der Waals surface area contributed by atoms with Gasteiger partial charge in [-0.3, -0.25) is 0 Å². The summed E-state index contributed by atoms with van der Waals surface area (Å²) in [4.78, 5) is 0. The first-order valence-electron chi connectivity index (χ1n) is 5.27. The molecule has 0 saturated heterocycles. The maximum absolute atomic E-state index is 5.99. The predicted molar refractivity (Wildman–Crippen MR) is 62.0 cm³/mol. The molecule has 1 aromatic rings. The van der Waals surface area contributed by atoms with Crippen LogP contribution < -0.4 is 0 Å². The molecule has 0 spiro atoms. The van der Waals surface area contributed by atoms with Crippen molar-refractivity contribution in [2.45, 2.75) is 39.5 Å². The number of hydrogen-bond acceptors (Lipinski definition) is 0. The number of benzene rings is 1. The minimum absolute atomic E-state index is 0.374. The van der Waals surface area contributed by atoms with Crippen LogP contribution in [0.25, 0.3) is 0 Å². The Morgan fingerprint density at radius 3 is 2.64 bits per heavy atom. The highest BCUT2D eigenvalue weighted by molar-refractivity contribution is 6.30. The molecule has 0 N–H and O–H groups in total. The van der Waals surface area contributed by atoms with Gasteiger partial charge in [0.25, 0.3) is 0 Å². The third kappa shape index (κ3) is 1.68. The average Bonchev–Trinajstić information content (AvgIpc) is 2.45. The third-order valence-corrected chi connectivity index (χ3v) is 3.46. The highest BCUT2D eigenvalue weighted by Crippen LogP contribution is 2.45. The number of aryl methyl sites for hydroxylation is 1. The molecular weight excluding hydrogens is 192 g/mol. The minimum atomic E-state index is 0.374. The van der Waals surface area contributed by atoms with Crippen molar-refractivity contribution in [3.05, 3.63) is 34.3 Å². The van der Waals surface area contributed by atoms with Gasteiger partial charge < -0.3 is 0 Å². The molecule has 0 amide bonds. The molecule has 0 bridgehead atoms. The smallest absolute Gasteiger partial charge is 0.0408 e. The molecular formula is C13H17Cl. The summed E-state index contributed by atoms with van der Waals surface area (Å²) in [6.45, 7) is 6.96. The third-order valence-electron chi connectivity index (χ3n) is 3.23. The van der Waals surface area contributed by atoms with Gasteiger partial charge in [-0.25, -0.2) is 0 Å². The predicted octanol–water partition coefficient (Wildman–Crippen LogP) is 4.42. The molecule has 0 unspecified atom stereocenters. The quantitative estimate of drug-likeness (QED) is 0.592. The van der Waals surface area contributed by atoms with Crippen LogP contribution in [0.3, 0.4) is 0 Å². The number of rotatable bonds is 0. The topological polar surface area (TPSA) is 0 Å². The summed E-state index contributed by atoms with van der Waals surface area (Å²) in [6, 6.07) is 6.35. The number of hydrogen-bond donors (Lipinski definition) is 0. The van der Waals surface area contributed by atoms with E-state index in [0.29, 0.717) is 11.3 Å². The summed E-state index contributed by atoms with van der Waals surface area (Å²) in [5.41, 5.74) is 3.35. The van der Waals surface area contributed by atoms with Crippen LogP contribution in [-0.2, 0) is 6.42 Å². The molecule has 76 valence electrons. The van der Waals surface area contributed by atoms with Crippen LogP contribution in [0.1, 0.15) is 44.2 Å². The fourth-order valence-electron chi connectivity index (χ4n) is 2.49. The van der Waals surface area contributed by atoms with Gasteiger partial charge in [-0.1, -0.05) is 38.4 Å². The SMILES string of the molecule is CC(C)(C)[C@H]1CCc2cc(Cl)ccc21. The summed E-state index contributed by atoms with van der Waals surface area (Å²) < 4.78 is 0. The van der Waals surface area contributed by atoms with Crippen molar-refractivity contribution in [1.82, 2.24) is 0 Å². The van der Waals surface area contributed by atoms with E-state index in [1.165, 1.54) is 24.0 Å². The van der Waals surface area contributed by atoms with E-state index >= 15 is 0 Å². The van der Waals surface area contributed by atoms with Crippen molar-refractivity contribution in [3.8, 4) is 0 Å². The number of halogens is 1. The molecule has 0 saturated carbocycles. The summed E-state index contributed by atoms with van der Waals surface area (Å²) in [6.07, 6.45) is 2.47. The number of fused-ring (bicyclic) bond motifs is 1. The fourth-order valence-corrected chi connectivity index (χ4v) is 2.68. The van der Waals surface area contributed by atoms with Crippen molar-refractivity contribution in [2.24, 2.45) is 5.41 Å². The molecule has 0 heterocycles. The Labute approximate surface area is 91.3 Å². The first-order chi connectivity index (χ1) is 6.48. The van der Waals surface area contributed by atoms with Crippen molar-refractivity contribution >= 4 is 11.6 Å².